The van der Waals surface area contributed by atoms with Crippen LogP contribution >= 0.6 is 11.3 Å². The van der Waals surface area contributed by atoms with Crippen molar-refractivity contribution in [2.45, 2.75) is 39.8 Å². The summed E-state index contributed by atoms with van der Waals surface area (Å²) in [7, 11) is 0. The summed E-state index contributed by atoms with van der Waals surface area (Å²) in [5, 5.41) is 5.06. The Morgan fingerprint density at radius 1 is 1.14 bits per heavy atom. The number of nitrogens with zero attached hydrogens (tertiary/aromatic N) is 2. The molecule has 1 fully saturated rings. The fourth-order valence-corrected chi connectivity index (χ4v) is 4.27. The number of aryl methyl sites for hydroxylation is 2. The molecular formula is C20H20N4O3S. The van der Waals surface area contributed by atoms with Crippen LogP contribution in [-0.2, 0) is 11.3 Å². The fourth-order valence-electron chi connectivity index (χ4n) is 3.30. The van der Waals surface area contributed by atoms with Crippen molar-refractivity contribution in [1.82, 2.24) is 20.2 Å². The highest BCUT2D eigenvalue weighted by molar-refractivity contribution is 7.17. The van der Waals surface area contributed by atoms with Crippen molar-refractivity contribution in [2.24, 2.45) is 0 Å². The number of nitrogens with one attached hydrogen (secondary N) is 2. The number of imide groups is 1. The molecule has 3 heterocycles. The molecule has 1 aliphatic heterocycles. The van der Waals surface area contributed by atoms with Crippen molar-refractivity contribution in [3.8, 4) is 11.1 Å². The van der Waals surface area contributed by atoms with Gasteiger partial charge in [-0.3, -0.25) is 14.5 Å². The molecule has 2 aromatic heterocycles. The van der Waals surface area contributed by atoms with Crippen molar-refractivity contribution in [3.63, 3.8) is 0 Å². The Kier molecular flexibility index (Phi) is 4.11. The molecule has 0 unspecified atom stereocenters. The average molecular weight is 396 g/mol. The molecule has 1 aliphatic rings. The van der Waals surface area contributed by atoms with Crippen molar-refractivity contribution in [1.29, 1.82) is 0 Å². The van der Waals surface area contributed by atoms with Gasteiger partial charge in [-0.2, -0.15) is 0 Å². The SMILES string of the molecule is Cc1ccc(-c2csc3nc(CN4C(=O)NC(C)(C)C4=O)[nH]c(=O)c23)cc1C. The van der Waals surface area contributed by atoms with E-state index < -0.39 is 11.6 Å². The Hall–Kier alpha value is -3.00. The summed E-state index contributed by atoms with van der Waals surface area (Å²) in [6.45, 7) is 7.29. The number of benzene rings is 1. The third-order valence-electron chi connectivity index (χ3n) is 5.06. The zero-order chi connectivity index (χ0) is 20.2. The lowest BCUT2D eigenvalue weighted by Gasteiger charge is -2.15. The molecule has 1 aromatic carbocycles. The van der Waals surface area contributed by atoms with Gasteiger partial charge in [0.25, 0.3) is 11.5 Å². The van der Waals surface area contributed by atoms with E-state index in [-0.39, 0.29) is 23.8 Å². The Labute approximate surface area is 165 Å². The van der Waals surface area contributed by atoms with Crippen LogP contribution in [0.2, 0.25) is 0 Å². The second kappa shape index (κ2) is 6.27. The third-order valence-corrected chi connectivity index (χ3v) is 5.94. The molecule has 0 aliphatic carbocycles. The molecule has 3 aromatic rings. The smallest absolute Gasteiger partial charge is 0.324 e. The summed E-state index contributed by atoms with van der Waals surface area (Å²) in [4.78, 5) is 46.1. The predicted octanol–water partition coefficient (Wildman–Crippen LogP) is 3.10. The van der Waals surface area contributed by atoms with Crippen molar-refractivity contribution < 1.29 is 9.59 Å². The molecule has 1 saturated heterocycles. The number of rotatable bonds is 3. The number of thiophene rings is 1. The first-order valence-electron chi connectivity index (χ1n) is 8.89. The molecule has 2 N–H and O–H groups in total. The number of amides is 3. The standard InChI is InChI=1S/C20H20N4O3S/c1-10-5-6-12(7-11(10)2)13-9-28-17-15(13)16(25)21-14(22-17)8-24-18(26)20(3,4)23-19(24)27/h5-7,9H,8H2,1-4H3,(H,23,27)(H,21,22,25). The summed E-state index contributed by atoms with van der Waals surface area (Å²) in [5.41, 5.74) is 2.90. The minimum atomic E-state index is -0.957. The first kappa shape index (κ1) is 18.4. The minimum absolute atomic E-state index is 0.0733. The lowest BCUT2D eigenvalue weighted by Crippen LogP contribution is -2.40. The van der Waals surface area contributed by atoms with Gasteiger partial charge in [0.15, 0.2) is 0 Å². The van der Waals surface area contributed by atoms with Gasteiger partial charge in [0.05, 0.1) is 11.9 Å². The molecule has 0 radical (unpaired) electrons. The van der Waals surface area contributed by atoms with Crippen LogP contribution in [0.5, 0.6) is 0 Å². The molecule has 4 rings (SSSR count). The third kappa shape index (κ3) is 2.90. The molecule has 0 atom stereocenters. The maximum absolute atomic E-state index is 12.8. The zero-order valence-electron chi connectivity index (χ0n) is 16.0. The molecule has 0 bridgehead atoms. The van der Waals surface area contributed by atoms with Gasteiger partial charge in [0.1, 0.15) is 16.2 Å². The number of fused-ring (bicyclic) bond motifs is 1. The van der Waals surface area contributed by atoms with Gasteiger partial charge >= 0.3 is 6.03 Å². The van der Waals surface area contributed by atoms with Crippen molar-refractivity contribution in [3.05, 3.63) is 50.9 Å². The number of urea groups is 1. The van der Waals surface area contributed by atoms with Gasteiger partial charge in [0, 0.05) is 10.9 Å². The summed E-state index contributed by atoms with van der Waals surface area (Å²) < 4.78 is 0. The molecular weight excluding hydrogens is 376 g/mol. The minimum Gasteiger partial charge on any atom is -0.324 e. The van der Waals surface area contributed by atoms with E-state index in [1.54, 1.807) is 13.8 Å². The average Bonchev–Trinajstić information content (AvgIpc) is 3.12. The Balaban J connectivity index is 1.73. The number of carbonyl (C=O) groups excluding carboxylic acids is 2. The van der Waals surface area contributed by atoms with Gasteiger partial charge in [0.2, 0.25) is 0 Å². The number of aromatic nitrogens is 2. The summed E-state index contributed by atoms with van der Waals surface area (Å²) >= 11 is 1.37. The van der Waals surface area contributed by atoms with E-state index in [2.05, 4.69) is 21.4 Å². The van der Waals surface area contributed by atoms with Gasteiger partial charge in [-0.05, 0) is 44.4 Å². The van der Waals surface area contributed by atoms with E-state index in [1.165, 1.54) is 16.9 Å². The highest BCUT2D eigenvalue weighted by Crippen LogP contribution is 2.32. The Bertz CT molecular complexity index is 1190. The summed E-state index contributed by atoms with van der Waals surface area (Å²) in [6, 6.07) is 5.59. The molecule has 144 valence electrons. The Morgan fingerprint density at radius 2 is 1.89 bits per heavy atom. The zero-order valence-corrected chi connectivity index (χ0v) is 16.9. The first-order chi connectivity index (χ1) is 13.2. The fraction of sp³-hybridized carbons (Fsp3) is 0.300. The van der Waals surface area contributed by atoms with E-state index in [4.69, 9.17) is 0 Å². The predicted molar refractivity (Wildman–Crippen MR) is 108 cm³/mol. The highest BCUT2D eigenvalue weighted by Gasteiger charge is 2.44. The molecule has 8 heteroatoms. The largest absolute Gasteiger partial charge is 0.325 e. The van der Waals surface area contributed by atoms with Crippen LogP contribution in [0, 0.1) is 13.8 Å². The number of hydrogen-bond donors (Lipinski definition) is 2. The highest BCUT2D eigenvalue weighted by atomic mass is 32.1. The van der Waals surface area contributed by atoms with Gasteiger partial charge in [-0.15, -0.1) is 11.3 Å². The second-order valence-electron chi connectivity index (χ2n) is 7.59. The number of H-pyrrole nitrogens is 1. The van der Waals surface area contributed by atoms with Gasteiger partial charge in [-0.25, -0.2) is 9.78 Å². The van der Waals surface area contributed by atoms with Crippen LogP contribution in [0.15, 0.2) is 28.4 Å². The van der Waals surface area contributed by atoms with Crippen molar-refractivity contribution >= 4 is 33.5 Å². The topological polar surface area (TPSA) is 95.2 Å². The quantitative estimate of drug-likeness (QED) is 0.665. The number of hydrogen-bond acceptors (Lipinski definition) is 5. The van der Waals surface area contributed by atoms with Crippen LogP contribution in [0.3, 0.4) is 0 Å². The van der Waals surface area contributed by atoms with Gasteiger partial charge in [-0.1, -0.05) is 18.2 Å². The van der Waals surface area contributed by atoms with E-state index in [9.17, 15) is 14.4 Å². The maximum atomic E-state index is 12.8. The molecule has 28 heavy (non-hydrogen) atoms. The van der Waals surface area contributed by atoms with E-state index in [0.717, 1.165) is 21.6 Å². The van der Waals surface area contributed by atoms with E-state index >= 15 is 0 Å². The molecule has 0 spiro atoms. The van der Waals surface area contributed by atoms with E-state index in [0.29, 0.717) is 10.2 Å². The second-order valence-corrected chi connectivity index (χ2v) is 8.45. The Morgan fingerprint density at radius 3 is 2.54 bits per heavy atom. The molecule has 3 amide bonds. The van der Waals surface area contributed by atoms with Crippen LogP contribution in [0.1, 0.15) is 30.8 Å². The van der Waals surface area contributed by atoms with Crippen LogP contribution < -0.4 is 10.9 Å². The maximum Gasteiger partial charge on any atom is 0.325 e. The molecule has 7 nitrogen and oxygen atoms in total. The first-order valence-corrected chi connectivity index (χ1v) is 9.77. The monoisotopic (exact) mass is 396 g/mol. The number of aromatic amines is 1. The van der Waals surface area contributed by atoms with Crippen molar-refractivity contribution in [2.75, 3.05) is 0 Å². The molecule has 0 saturated carbocycles. The van der Waals surface area contributed by atoms with Gasteiger partial charge < -0.3 is 10.3 Å². The van der Waals surface area contributed by atoms with Crippen LogP contribution in [-0.4, -0.2) is 32.3 Å². The number of carbonyl (C=O) groups is 2. The van der Waals surface area contributed by atoms with Crippen LogP contribution in [0.4, 0.5) is 4.79 Å². The van der Waals surface area contributed by atoms with E-state index in [1.807, 2.05) is 31.4 Å². The normalized spacial score (nSPS) is 16.1. The lowest BCUT2D eigenvalue weighted by molar-refractivity contribution is -0.130. The summed E-state index contributed by atoms with van der Waals surface area (Å²) in [6.07, 6.45) is 0. The lowest BCUT2D eigenvalue weighted by atomic mass is 10.0. The summed E-state index contributed by atoms with van der Waals surface area (Å²) in [5.74, 6) is -0.0607. The van der Waals surface area contributed by atoms with Crippen LogP contribution in [0.25, 0.3) is 21.3 Å².